The summed E-state index contributed by atoms with van der Waals surface area (Å²) in [7, 11) is 0. The van der Waals surface area contributed by atoms with E-state index in [1.54, 1.807) is 11.9 Å². The molecule has 0 aliphatic carbocycles. The van der Waals surface area contributed by atoms with Crippen LogP contribution in [-0.4, -0.2) is 38.8 Å². The molecule has 1 aromatic carbocycles. The summed E-state index contributed by atoms with van der Waals surface area (Å²) in [6.45, 7) is 0.426. The first-order valence-electron chi connectivity index (χ1n) is 7.58. The van der Waals surface area contributed by atoms with Gasteiger partial charge in [-0.05, 0) is 17.5 Å². The zero-order valence-electron chi connectivity index (χ0n) is 13.1. The van der Waals surface area contributed by atoms with Gasteiger partial charge in [0.2, 0.25) is 0 Å². The molecule has 0 amide bonds. The third-order valence-electron chi connectivity index (χ3n) is 3.58. The van der Waals surface area contributed by atoms with Crippen LogP contribution in [0, 0.1) is 0 Å². The fraction of sp³-hybridized carbons (Fsp3) is 0.312. The number of rotatable bonds is 7. The molecule has 0 saturated carbocycles. The summed E-state index contributed by atoms with van der Waals surface area (Å²) >= 11 is 3.17. The predicted octanol–water partition coefficient (Wildman–Crippen LogP) is 1.63. The SMILES string of the molecule is Nc1nc2c(s1)CN(SCc1ccccc1)C=C2NC(CO)CO. The molecule has 6 nitrogen and oxygen atoms in total. The molecule has 0 fully saturated rings. The van der Waals surface area contributed by atoms with Crippen LogP contribution in [-0.2, 0) is 12.3 Å². The molecule has 0 atom stereocenters. The standard InChI is InChI=1S/C16H20N4O2S2/c17-16-19-15-13(18-12(8-21)9-22)6-20(7-14(15)24-16)23-10-11-4-2-1-3-5-11/h1-6,12,18,21-22H,7-10H2,(H2,17,19). The number of aromatic nitrogens is 1. The molecule has 24 heavy (non-hydrogen) atoms. The first-order valence-corrected chi connectivity index (χ1v) is 9.34. The maximum atomic E-state index is 9.32. The van der Waals surface area contributed by atoms with Crippen molar-refractivity contribution in [3.63, 3.8) is 0 Å². The van der Waals surface area contributed by atoms with Gasteiger partial charge in [-0.15, -0.1) is 0 Å². The lowest BCUT2D eigenvalue weighted by Gasteiger charge is -2.27. The Morgan fingerprint density at radius 3 is 2.75 bits per heavy atom. The van der Waals surface area contributed by atoms with Gasteiger partial charge in [0.05, 0.1) is 36.4 Å². The molecular weight excluding hydrogens is 344 g/mol. The van der Waals surface area contributed by atoms with Crippen molar-refractivity contribution in [3.8, 4) is 0 Å². The summed E-state index contributed by atoms with van der Waals surface area (Å²) in [6, 6.07) is 9.85. The molecular formula is C16H20N4O2S2. The Balaban J connectivity index is 1.75. The Kier molecular flexibility index (Phi) is 5.62. The second-order valence-electron chi connectivity index (χ2n) is 5.41. The Bertz CT molecular complexity index is 701. The van der Waals surface area contributed by atoms with Crippen molar-refractivity contribution in [3.05, 3.63) is 52.7 Å². The van der Waals surface area contributed by atoms with Crippen molar-refractivity contribution in [1.29, 1.82) is 0 Å². The van der Waals surface area contributed by atoms with Crippen molar-refractivity contribution >= 4 is 34.1 Å². The third-order valence-corrected chi connectivity index (χ3v) is 5.48. The summed E-state index contributed by atoms with van der Waals surface area (Å²) in [4.78, 5) is 5.45. The number of fused-ring (bicyclic) bond motifs is 1. The lowest BCUT2D eigenvalue weighted by molar-refractivity contribution is 0.181. The molecule has 1 aromatic heterocycles. The van der Waals surface area contributed by atoms with Gasteiger partial charge in [0.15, 0.2) is 5.13 Å². The van der Waals surface area contributed by atoms with Gasteiger partial charge in [0.25, 0.3) is 0 Å². The fourth-order valence-corrected chi connectivity index (χ4v) is 4.20. The van der Waals surface area contributed by atoms with Crippen molar-refractivity contribution in [1.82, 2.24) is 14.6 Å². The van der Waals surface area contributed by atoms with Crippen molar-refractivity contribution in [2.45, 2.75) is 18.3 Å². The van der Waals surface area contributed by atoms with E-state index in [9.17, 15) is 10.2 Å². The number of anilines is 1. The maximum absolute atomic E-state index is 9.32. The zero-order chi connectivity index (χ0) is 16.9. The second-order valence-corrected chi connectivity index (χ2v) is 7.54. The number of aliphatic hydroxyl groups excluding tert-OH is 2. The third kappa shape index (κ3) is 4.02. The highest BCUT2D eigenvalue weighted by molar-refractivity contribution is 7.96. The topological polar surface area (TPSA) is 94.6 Å². The van der Waals surface area contributed by atoms with Gasteiger partial charge >= 0.3 is 0 Å². The number of nitrogens with one attached hydrogen (secondary N) is 1. The number of thiazole rings is 1. The van der Waals surface area contributed by atoms with Gasteiger partial charge < -0.3 is 25.6 Å². The van der Waals surface area contributed by atoms with E-state index in [4.69, 9.17) is 5.73 Å². The predicted molar refractivity (Wildman–Crippen MR) is 98.9 cm³/mol. The Labute approximate surface area is 149 Å². The number of nitrogens with two attached hydrogens (primary N) is 1. The van der Waals surface area contributed by atoms with E-state index in [1.165, 1.54) is 16.9 Å². The number of nitrogens with zero attached hydrogens (tertiary/aromatic N) is 2. The quantitative estimate of drug-likeness (QED) is 0.555. The van der Waals surface area contributed by atoms with Crippen LogP contribution in [0.5, 0.6) is 0 Å². The molecule has 1 aliphatic heterocycles. The summed E-state index contributed by atoms with van der Waals surface area (Å²) in [6.07, 6.45) is 1.97. The maximum Gasteiger partial charge on any atom is 0.180 e. The lowest BCUT2D eigenvalue weighted by atomic mass is 10.2. The number of nitrogen functional groups attached to an aromatic ring is 1. The highest BCUT2D eigenvalue weighted by Crippen LogP contribution is 2.34. The van der Waals surface area contributed by atoms with E-state index < -0.39 is 6.04 Å². The van der Waals surface area contributed by atoms with Crippen LogP contribution in [0.4, 0.5) is 5.13 Å². The van der Waals surface area contributed by atoms with E-state index in [0.717, 1.165) is 28.6 Å². The molecule has 0 bridgehead atoms. The highest BCUT2D eigenvalue weighted by atomic mass is 32.2. The van der Waals surface area contributed by atoms with Crippen molar-refractivity contribution in [2.75, 3.05) is 18.9 Å². The summed E-state index contributed by atoms with van der Waals surface area (Å²) < 4.78 is 2.13. The molecule has 2 heterocycles. The number of hydrogen-bond donors (Lipinski definition) is 4. The number of benzene rings is 1. The molecule has 0 unspecified atom stereocenters. The average Bonchev–Trinajstić information content (AvgIpc) is 2.99. The molecule has 0 spiro atoms. The van der Waals surface area contributed by atoms with Crippen LogP contribution < -0.4 is 11.1 Å². The summed E-state index contributed by atoms with van der Waals surface area (Å²) in [5.74, 6) is 0.859. The first kappa shape index (κ1) is 17.1. The summed E-state index contributed by atoms with van der Waals surface area (Å²) in [5, 5.41) is 22.3. The van der Waals surface area contributed by atoms with Gasteiger partial charge in [-0.25, -0.2) is 4.98 Å². The Morgan fingerprint density at radius 2 is 2.04 bits per heavy atom. The van der Waals surface area contributed by atoms with Gasteiger partial charge in [-0.3, -0.25) is 0 Å². The first-order chi connectivity index (χ1) is 11.7. The van der Waals surface area contributed by atoms with Crippen molar-refractivity contribution < 1.29 is 10.2 Å². The largest absolute Gasteiger partial charge is 0.394 e. The average molecular weight is 364 g/mol. The van der Waals surface area contributed by atoms with E-state index in [1.807, 2.05) is 24.4 Å². The van der Waals surface area contributed by atoms with Crippen LogP contribution in [0.25, 0.3) is 5.70 Å². The minimum Gasteiger partial charge on any atom is -0.394 e. The van der Waals surface area contributed by atoms with Crippen LogP contribution >= 0.6 is 23.3 Å². The summed E-state index contributed by atoms with van der Waals surface area (Å²) in [5.41, 5.74) is 8.69. The van der Waals surface area contributed by atoms with Crippen LogP contribution in [0.2, 0.25) is 0 Å². The van der Waals surface area contributed by atoms with Crippen LogP contribution in [0.3, 0.4) is 0 Å². The molecule has 1 aliphatic rings. The minimum absolute atomic E-state index is 0.153. The van der Waals surface area contributed by atoms with Gasteiger partial charge in [-0.2, -0.15) is 0 Å². The fourth-order valence-electron chi connectivity index (χ4n) is 2.37. The Morgan fingerprint density at radius 1 is 1.29 bits per heavy atom. The van der Waals surface area contributed by atoms with E-state index in [-0.39, 0.29) is 13.2 Å². The van der Waals surface area contributed by atoms with E-state index >= 15 is 0 Å². The van der Waals surface area contributed by atoms with Crippen molar-refractivity contribution in [2.24, 2.45) is 0 Å². The van der Waals surface area contributed by atoms with E-state index in [2.05, 4.69) is 26.7 Å². The Hall–Kier alpha value is -1.74. The molecule has 3 rings (SSSR count). The van der Waals surface area contributed by atoms with Gasteiger partial charge in [0.1, 0.15) is 5.69 Å². The molecule has 0 saturated heterocycles. The van der Waals surface area contributed by atoms with Gasteiger partial charge in [0, 0.05) is 12.0 Å². The highest BCUT2D eigenvalue weighted by Gasteiger charge is 2.23. The minimum atomic E-state index is -0.425. The molecule has 2 aromatic rings. The molecule has 5 N–H and O–H groups in total. The smallest absolute Gasteiger partial charge is 0.180 e. The number of aliphatic hydroxyl groups is 2. The van der Waals surface area contributed by atoms with Crippen LogP contribution in [0.15, 0.2) is 36.5 Å². The molecule has 8 heteroatoms. The zero-order valence-corrected chi connectivity index (χ0v) is 14.7. The normalized spacial score (nSPS) is 13.8. The van der Waals surface area contributed by atoms with Crippen LogP contribution in [0.1, 0.15) is 16.1 Å². The monoisotopic (exact) mass is 364 g/mol. The van der Waals surface area contributed by atoms with E-state index in [0.29, 0.717) is 5.13 Å². The van der Waals surface area contributed by atoms with Gasteiger partial charge in [-0.1, -0.05) is 41.7 Å². The number of hydrogen-bond acceptors (Lipinski definition) is 8. The second kappa shape index (κ2) is 7.89. The lowest BCUT2D eigenvalue weighted by Crippen LogP contribution is -2.36. The molecule has 0 radical (unpaired) electrons. The molecule has 128 valence electrons.